The van der Waals surface area contributed by atoms with Crippen LogP contribution in [-0.4, -0.2) is 25.9 Å². The fraction of sp³-hybridized carbons (Fsp3) is 0.600. The van der Waals surface area contributed by atoms with Crippen LogP contribution in [0.25, 0.3) is 0 Å². The summed E-state index contributed by atoms with van der Waals surface area (Å²) in [6.07, 6.45) is -1.11. The zero-order valence-electron chi connectivity index (χ0n) is 8.88. The molecule has 0 saturated heterocycles. The second kappa shape index (κ2) is 5.91. The van der Waals surface area contributed by atoms with Gasteiger partial charge in [-0.05, 0) is 13.0 Å². The van der Waals surface area contributed by atoms with Crippen LogP contribution in [0.3, 0.4) is 0 Å². The van der Waals surface area contributed by atoms with E-state index in [0.717, 1.165) is 5.56 Å². The second-order valence-corrected chi connectivity index (χ2v) is 3.40. The maximum absolute atomic E-state index is 11.7. The maximum Gasteiger partial charge on any atom is 0.411 e. The van der Waals surface area contributed by atoms with Gasteiger partial charge in [0, 0.05) is 18.2 Å². The van der Waals surface area contributed by atoms with E-state index in [-0.39, 0.29) is 12.6 Å². The third-order valence-electron chi connectivity index (χ3n) is 2.01. The minimum atomic E-state index is -4.25. The molecule has 1 heterocycles. The Labute approximate surface area is 91.6 Å². The van der Waals surface area contributed by atoms with E-state index in [4.69, 9.17) is 4.42 Å². The summed E-state index contributed by atoms with van der Waals surface area (Å²) in [5, 5.41) is 3.02. The van der Waals surface area contributed by atoms with Crippen molar-refractivity contribution >= 4 is 0 Å². The van der Waals surface area contributed by atoms with E-state index in [9.17, 15) is 13.2 Å². The first kappa shape index (κ1) is 13.1. The van der Waals surface area contributed by atoms with Gasteiger partial charge in [0.25, 0.3) is 0 Å². The van der Waals surface area contributed by atoms with Gasteiger partial charge < -0.3 is 14.5 Å². The predicted octanol–water partition coefficient (Wildman–Crippen LogP) is 2.51. The van der Waals surface area contributed by atoms with Crippen molar-refractivity contribution in [2.24, 2.45) is 0 Å². The number of hydrogen-bond donors (Lipinski definition) is 1. The molecular formula is C10H14F3NO2. The summed E-state index contributed by atoms with van der Waals surface area (Å²) in [6, 6.07) is 1.84. The van der Waals surface area contributed by atoms with Crippen LogP contribution in [0.15, 0.2) is 23.0 Å². The Morgan fingerprint density at radius 1 is 1.50 bits per heavy atom. The minimum Gasteiger partial charge on any atom is -0.472 e. The summed E-state index contributed by atoms with van der Waals surface area (Å²) in [6.45, 7) is 1.09. The van der Waals surface area contributed by atoms with E-state index in [0.29, 0.717) is 6.54 Å². The Morgan fingerprint density at radius 3 is 2.81 bits per heavy atom. The van der Waals surface area contributed by atoms with E-state index >= 15 is 0 Å². The number of alkyl halides is 3. The average Bonchev–Trinajstić information content (AvgIpc) is 2.67. The predicted molar refractivity (Wildman–Crippen MR) is 52.0 cm³/mol. The van der Waals surface area contributed by atoms with E-state index in [1.54, 1.807) is 18.6 Å². The Bertz CT molecular complexity index is 285. The van der Waals surface area contributed by atoms with Gasteiger partial charge >= 0.3 is 6.18 Å². The van der Waals surface area contributed by atoms with Crippen molar-refractivity contribution < 1.29 is 22.3 Å². The SMILES string of the molecule is CC(NCCOCC(F)(F)F)c1ccoc1. The maximum atomic E-state index is 11.7. The van der Waals surface area contributed by atoms with Crippen molar-refractivity contribution in [3.8, 4) is 0 Å². The molecule has 0 aromatic carbocycles. The monoisotopic (exact) mass is 237 g/mol. The normalized spacial score (nSPS) is 14.0. The minimum absolute atomic E-state index is 0.0295. The first-order valence-electron chi connectivity index (χ1n) is 4.89. The molecule has 0 fully saturated rings. The van der Waals surface area contributed by atoms with E-state index in [1.807, 2.05) is 6.92 Å². The van der Waals surface area contributed by atoms with Gasteiger partial charge in [0.05, 0.1) is 19.1 Å². The van der Waals surface area contributed by atoms with Crippen LogP contribution in [0.4, 0.5) is 13.2 Å². The van der Waals surface area contributed by atoms with Crippen LogP contribution < -0.4 is 5.32 Å². The number of hydrogen-bond acceptors (Lipinski definition) is 3. The molecule has 92 valence electrons. The first-order chi connectivity index (χ1) is 7.49. The molecule has 0 amide bonds. The molecule has 1 rings (SSSR count). The molecule has 16 heavy (non-hydrogen) atoms. The molecule has 1 atom stereocenters. The molecule has 1 N–H and O–H groups in total. The quantitative estimate of drug-likeness (QED) is 0.772. The van der Waals surface area contributed by atoms with Gasteiger partial charge in [0.15, 0.2) is 0 Å². The van der Waals surface area contributed by atoms with Gasteiger partial charge in [-0.25, -0.2) is 0 Å². The van der Waals surface area contributed by atoms with Crippen molar-refractivity contribution in [1.82, 2.24) is 5.32 Å². The highest BCUT2D eigenvalue weighted by atomic mass is 19.4. The van der Waals surface area contributed by atoms with Crippen LogP contribution in [-0.2, 0) is 4.74 Å². The zero-order chi connectivity index (χ0) is 12.0. The largest absolute Gasteiger partial charge is 0.472 e. The van der Waals surface area contributed by atoms with Crippen LogP contribution in [0.5, 0.6) is 0 Å². The summed E-state index contributed by atoms with van der Waals surface area (Å²) in [5.41, 5.74) is 0.954. The molecule has 1 unspecified atom stereocenters. The Morgan fingerprint density at radius 2 is 2.25 bits per heavy atom. The summed E-state index contributed by atoms with van der Waals surface area (Å²) in [7, 11) is 0. The van der Waals surface area contributed by atoms with Crippen molar-refractivity contribution in [3.63, 3.8) is 0 Å². The average molecular weight is 237 g/mol. The molecule has 0 saturated carbocycles. The van der Waals surface area contributed by atoms with Crippen molar-refractivity contribution in [2.75, 3.05) is 19.8 Å². The van der Waals surface area contributed by atoms with Crippen molar-refractivity contribution in [1.29, 1.82) is 0 Å². The molecule has 0 bridgehead atoms. The third kappa shape index (κ3) is 5.18. The van der Waals surface area contributed by atoms with Crippen LogP contribution in [0.2, 0.25) is 0 Å². The third-order valence-corrected chi connectivity index (χ3v) is 2.01. The summed E-state index contributed by atoms with van der Waals surface area (Å²) < 4.78 is 44.5. The topological polar surface area (TPSA) is 34.4 Å². The first-order valence-corrected chi connectivity index (χ1v) is 4.89. The number of rotatable bonds is 6. The molecule has 0 radical (unpaired) electrons. The fourth-order valence-corrected chi connectivity index (χ4v) is 1.17. The number of halogens is 3. The van der Waals surface area contributed by atoms with Crippen molar-refractivity contribution in [3.05, 3.63) is 24.2 Å². The smallest absolute Gasteiger partial charge is 0.411 e. The van der Waals surface area contributed by atoms with Crippen molar-refractivity contribution in [2.45, 2.75) is 19.1 Å². The van der Waals surface area contributed by atoms with E-state index in [1.165, 1.54) is 0 Å². The molecule has 1 aromatic rings. The molecular weight excluding hydrogens is 223 g/mol. The van der Waals surface area contributed by atoms with Crippen LogP contribution in [0, 0.1) is 0 Å². The highest BCUT2D eigenvalue weighted by Crippen LogP contribution is 2.14. The molecule has 3 nitrogen and oxygen atoms in total. The number of furan rings is 1. The standard InChI is InChI=1S/C10H14F3NO2/c1-8(9-2-4-15-6-9)14-3-5-16-7-10(11,12)13/h2,4,6,8,14H,3,5,7H2,1H3. The lowest BCUT2D eigenvalue weighted by atomic mass is 10.2. The highest BCUT2D eigenvalue weighted by molar-refractivity contribution is 5.09. The Hall–Kier alpha value is -1.01. The van der Waals surface area contributed by atoms with E-state index in [2.05, 4.69) is 10.1 Å². The fourth-order valence-electron chi connectivity index (χ4n) is 1.17. The molecule has 0 aliphatic heterocycles. The molecule has 6 heteroatoms. The van der Waals surface area contributed by atoms with Gasteiger partial charge in [-0.2, -0.15) is 13.2 Å². The molecule has 0 aliphatic carbocycles. The number of ether oxygens (including phenoxy) is 1. The lowest BCUT2D eigenvalue weighted by Crippen LogP contribution is -2.25. The van der Waals surface area contributed by atoms with Crippen LogP contribution in [0.1, 0.15) is 18.5 Å². The highest BCUT2D eigenvalue weighted by Gasteiger charge is 2.27. The van der Waals surface area contributed by atoms with Crippen LogP contribution >= 0.6 is 0 Å². The Balaban J connectivity index is 2.08. The summed E-state index contributed by atoms with van der Waals surface area (Å²) in [5.74, 6) is 0. The Kier molecular flexibility index (Phi) is 4.82. The van der Waals surface area contributed by atoms with Gasteiger partial charge in [0.2, 0.25) is 0 Å². The lowest BCUT2D eigenvalue weighted by Gasteiger charge is -2.12. The zero-order valence-corrected chi connectivity index (χ0v) is 8.88. The van der Waals surface area contributed by atoms with Gasteiger partial charge in [0.1, 0.15) is 6.61 Å². The molecule has 0 spiro atoms. The summed E-state index contributed by atoms with van der Waals surface area (Å²) in [4.78, 5) is 0. The van der Waals surface area contributed by atoms with Gasteiger partial charge in [-0.3, -0.25) is 0 Å². The number of nitrogens with one attached hydrogen (secondary N) is 1. The molecule has 0 aliphatic rings. The van der Waals surface area contributed by atoms with E-state index < -0.39 is 12.8 Å². The summed E-state index contributed by atoms with van der Waals surface area (Å²) >= 11 is 0. The molecule has 1 aromatic heterocycles. The van der Waals surface area contributed by atoms with Gasteiger partial charge in [-0.1, -0.05) is 0 Å². The van der Waals surface area contributed by atoms with Gasteiger partial charge in [-0.15, -0.1) is 0 Å². The lowest BCUT2D eigenvalue weighted by molar-refractivity contribution is -0.173. The second-order valence-electron chi connectivity index (χ2n) is 3.40.